The molecule has 0 atom stereocenters. The second-order valence-corrected chi connectivity index (χ2v) is 8.23. The van der Waals surface area contributed by atoms with E-state index >= 15 is 0 Å². The Morgan fingerprint density at radius 1 is 0.900 bits per heavy atom. The lowest BCUT2D eigenvalue weighted by Crippen LogP contribution is -2.37. The third kappa shape index (κ3) is 5.02. The van der Waals surface area contributed by atoms with Crippen LogP contribution >= 0.6 is 23.2 Å². The number of halogens is 2. The van der Waals surface area contributed by atoms with Crippen molar-refractivity contribution in [1.82, 2.24) is 5.32 Å². The first-order chi connectivity index (χ1) is 14.5. The first-order valence-electron chi connectivity index (χ1n) is 9.75. The number of rotatable bonds is 5. The molecule has 0 saturated heterocycles. The third-order valence-corrected chi connectivity index (χ3v) is 5.53. The van der Waals surface area contributed by atoms with Crippen LogP contribution in [0, 0.1) is 5.92 Å². The van der Waals surface area contributed by atoms with Gasteiger partial charge in [-0.25, -0.2) is 4.99 Å². The first-order valence-corrected chi connectivity index (χ1v) is 10.5. The fourth-order valence-corrected chi connectivity index (χ4v) is 3.48. The second-order valence-electron chi connectivity index (χ2n) is 7.36. The monoisotopic (exact) mass is 437 g/mol. The smallest absolute Gasteiger partial charge is 0.229 e. The maximum atomic E-state index is 11.8. The number of nitrogens with zero attached hydrogens (tertiary/aromatic N) is 1. The molecule has 3 N–H and O–H groups in total. The highest BCUT2D eigenvalue weighted by Gasteiger charge is 2.29. The molecule has 3 aromatic carbocycles. The van der Waals surface area contributed by atoms with Gasteiger partial charge in [0.25, 0.3) is 0 Å². The van der Waals surface area contributed by atoms with Crippen LogP contribution in [0.2, 0.25) is 10.0 Å². The quantitative estimate of drug-likeness (QED) is 0.398. The minimum atomic E-state index is -0.0452. The highest BCUT2D eigenvalue weighted by Crippen LogP contribution is 2.34. The fourth-order valence-electron chi connectivity index (χ4n) is 3.23. The molecule has 0 aliphatic heterocycles. The SMILES string of the molecule is NC(=NCc1ccc(-c2ccc(Cl)cc2)c(-c2ccc(Cl)cc2)c1)NC(=O)C1CC1. The van der Waals surface area contributed by atoms with Gasteiger partial charge >= 0.3 is 0 Å². The lowest BCUT2D eigenvalue weighted by molar-refractivity contribution is -0.120. The van der Waals surface area contributed by atoms with Crippen LogP contribution in [0.1, 0.15) is 18.4 Å². The van der Waals surface area contributed by atoms with Crippen LogP contribution in [0.15, 0.2) is 71.7 Å². The number of amides is 1. The number of guanidine groups is 1. The van der Waals surface area contributed by atoms with Gasteiger partial charge in [-0.2, -0.15) is 0 Å². The van der Waals surface area contributed by atoms with Crippen molar-refractivity contribution in [3.8, 4) is 22.3 Å². The summed E-state index contributed by atoms with van der Waals surface area (Å²) in [5.74, 6) is 0.201. The Labute approximate surface area is 185 Å². The summed E-state index contributed by atoms with van der Waals surface area (Å²) in [7, 11) is 0. The van der Waals surface area contributed by atoms with E-state index in [0.29, 0.717) is 16.6 Å². The van der Waals surface area contributed by atoms with E-state index < -0.39 is 0 Å². The predicted octanol–water partition coefficient (Wildman–Crippen LogP) is 5.67. The van der Waals surface area contributed by atoms with Crippen molar-refractivity contribution in [2.24, 2.45) is 16.6 Å². The number of carbonyl (C=O) groups is 1. The molecule has 1 amide bonds. The zero-order valence-corrected chi connectivity index (χ0v) is 17.8. The average molecular weight is 438 g/mol. The van der Waals surface area contributed by atoms with Gasteiger partial charge in [-0.1, -0.05) is 59.6 Å². The van der Waals surface area contributed by atoms with Gasteiger partial charge in [0.2, 0.25) is 5.91 Å². The largest absolute Gasteiger partial charge is 0.370 e. The Morgan fingerprint density at radius 2 is 1.47 bits per heavy atom. The zero-order valence-electron chi connectivity index (χ0n) is 16.2. The summed E-state index contributed by atoms with van der Waals surface area (Å²) in [6.45, 7) is 0.373. The molecule has 1 aliphatic carbocycles. The van der Waals surface area contributed by atoms with E-state index in [1.165, 1.54) is 0 Å². The molecule has 0 heterocycles. The lowest BCUT2D eigenvalue weighted by Gasteiger charge is -2.13. The zero-order chi connectivity index (χ0) is 21.1. The third-order valence-electron chi connectivity index (χ3n) is 5.03. The summed E-state index contributed by atoms with van der Waals surface area (Å²) in [4.78, 5) is 16.2. The van der Waals surface area contributed by atoms with Crippen LogP contribution < -0.4 is 11.1 Å². The Hall–Kier alpha value is -2.82. The van der Waals surface area contributed by atoms with Crippen molar-refractivity contribution < 1.29 is 4.79 Å². The molecule has 0 spiro atoms. The van der Waals surface area contributed by atoms with Gasteiger partial charge in [-0.15, -0.1) is 0 Å². The number of aliphatic imine (C=N–C) groups is 1. The number of benzene rings is 3. The highest BCUT2D eigenvalue weighted by atomic mass is 35.5. The van der Waals surface area contributed by atoms with Gasteiger partial charge in [-0.05, 0) is 71.0 Å². The number of carbonyl (C=O) groups excluding carboxylic acids is 1. The molecular formula is C24H21Cl2N3O. The van der Waals surface area contributed by atoms with Gasteiger partial charge in [0, 0.05) is 16.0 Å². The van der Waals surface area contributed by atoms with Gasteiger partial charge in [-0.3, -0.25) is 10.1 Å². The summed E-state index contributed by atoms with van der Waals surface area (Å²) in [5, 5.41) is 4.05. The minimum Gasteiger partial charge on any atom is -0.370 e. The maximum absolute atomic E-state index is 11.8. The van der Waals surface area contributed by atoms with E-state index in [1.807, 2.05) is 54.6 Å². The molecule has 1 fully saturated rings. The molecule has 0 aromatic heterocycles. The van der Waals surface area contributed by atoms with E-state index in [2.05, 4.69) is 22.4 Å². The Kier molecular flexibility index (Phi) is 6.07. The molecule has 152 valence electrons. The normalized spacial score (nSPS) is 13.9. The van der Waals surface area contributed by atoms with E-state index in [1.54, 1.807) is 0 Å². The van der Waals surface area contributed by atoms with Crippen molar-refractivity contribution >= 4 is 35.1 Å². The molecule has 0 bridgehead atoms. The molecule has 4 rings (SSSR count). The summed E-state index contributed by atoms with van der Waals surface area (Å²) in [5.41, 5.74) is 11.1. The molecule has 0 radical (unpaired) electrons. The first kappa shape index (κ1) is 20.5. The number of hydrogen-bond donors (Lipinski definition) is 2. The standard InChI is InChI=1S/C24H21Cl2N3O/c25-19-8-4-16(5-9-19)21-12-1-15(13-22(21)17-6-10-20(26)11-7-17)14-28-24(27)29-23(30)18-2-3-18/h1,4-13,18H,2-3,14H2,(H3,27,28,29,30). The van der Waals surface area contributed by atoms with Crippen LogP contribution in [-0.2, 0) is 11.3 Å². The summed E-state index contributed by atoms with van der Waals surface area (Å²) in [6.07, 6.45) is 1.85. The lowest BCUT2D eigenvalue weighted by atomic mass is 9.93. The molecule has 0 unspecified atom stereocenters. The molecule has 6 heteroatoms. The number of nitrogens with one attached hydrogen (secondary N) is 1. The molecule has 1 saturated carbocycles. The Bertz CT molecular complexity index is 1090. The topological polar surface area (TPSA) is 67.5 Å². The van der Waals surface area contributed by atoms with Gasteiger partial charge in [0.1, 0.15) is 0 Å². The summed E-state index contributed by atoms with van der Waals surface area (Å²) in [6, 6.07) is 21.7. The van der Waals surface area contributed by atoms with Crippen LogP contribution in [0.3, 0.4) is 0 Å². The minimum absolute atomic E-state index is 0.0452. The van der Waals surface area contributed by atoms with Crippen molar-refractivity contribution in [2.45, 2.75) is 19.4 Å². The molecule has 4 nitrogen and oxygen atoms in total. The average Bonchev–Trinajstić information content (AvgIpc) is 3.59. The fraction of sp³-hybridized carbons (Fsp3) is 0.167. The van der Waals surface area contributed by atoms with E-state index in [4.69, 9.17) is 28.9 Å². The van der Waals surface area contributed by atoms with Crippen molar-refractivity contribution in [3.05, 3.63) is 82.3 Å². The van der Waals surface area contributed by atoms with E-state index in [9.17, 15) is 4.79 Å². The highest BCUT2D eigenvalue weighted by molar-refractivity contribution is 6.31. The van der Waals surface area contributed by atoms with Gasteiger partial charge in [0.15, 0.2) is 5.96 Å². The van der Waals surface area contributed by atoms with Gasteiger partial charge < -0.3 is 5.73 Å². The number of nitrogens with two attached hydrogens (primary N) is 1. The summed E-state index contributed by atoms with van der Waals surface area (Å²) < 4.78 is 0. The molecule has 3 aromatic rings. The molecule has 1 aliphatic rings. The second kappa shape index (κ2) is 8.90. The van der Waals surface area contributed by atoms with Crippen molar-refractivity contribution in [2.75, 3.05) is 0 Å². The van der Waals surface area contributed by atoms with Crippen LogP contribution in [0.5, 0.6) is 0 Å². The molecule has 30 heavy (non-hydrogen) atoms. The van der Waals surface area contributed by atoms with Crippen molar-refractivity contribution in [3.63, 3.8) is 0 Å². The summed E-state index contributed by atoms with van der Waals surface area (Å²) >= 11 is 12.1. The maximum Gasteiger partial charge on any atom is 0.229 e. The van der Waals surface area contributed by atoms with Crippen LogP contribution in [0.25, 0.3) is 22.3 Å². The molecular weight excluding hydrogens is 417 g/mol. The van der Waals surface area contributed by atoms with Crippen LogP contribution in [0.4, 0.5) is 0 Å². The Balaban J connectivity index is 1.64. The number of hydrogen-bond acceptors (Lipinski definition) is 2. The van der Waals surface area contributed by atoms with E-state index in [-0.39, 0.29) is 17.8 Å². The predicted molar refractivity (Wildman–Crippen MR) is 124 cm³/mol. The van der Waals surface area contributed by atoms with Gasteiger partial charge in [0.05, 0.1) is 6.54 Å². The Morgan fingerprint density at radius 3 is 2.03 bits per heavy atom. The van der Waals surface area contributed by atoms with Crippen molar-refractivity contribution in [1.29, 1.82) is 0 Å². The van der Waals surface area contributed by atoms with E-state index in [0.717, 1.165) is 40.7 Å². The van der Waals surface area contributed by atoms with Crippen LogP contribution in [-0.4, -0.2) is 11.9 Å².